The quantitative estimate of drug-likeness (QED) is 0.284. The van der Waals surface area contributed by atoms with Crippen molar-refractivity contribution in [3.05, 3.63) is 69.3 Å². The van der Waals surface area contributed by atoms with Gasteiger partial charge < -0.3 is 4.74 Å². The molecule has 0 aliphatic heterocycles. The molecule has 0 atom stereocenters. The average molecular weight is 466 g/mol. The third-order valence-electron chi connectivity index (χ3n) is 4.95. The van der Waals surface area contributed by atoms with Crippen LogP contribution in [0.2, 0.25) is 0 Å². The first-order chi connectivity index (χ1) is 15.4. The molecule has 0 saturated heterocycles. The highest BCUT2D eigenvalue weighted by Gasteiger charge is 2.20. The fourth-order valence-corrected chi connectivity index (χ4v) is 5.19. The van der Waals surface area contributed by atoms with Crippen LogP contribution >= 0.6 is 22.7 Å². The molecule has 1 N–H and O–H groups in total. The van der Waals surface area contributed by atoms with Crippen LogP contribution in [-0.4, -0.2) is 32.3 Å². The number of non-ortho nitro benzene ring substituents is 1. The van der Waals surface area contributed by atoms with Gasteiger partial charge in [0.2, 0.25) is 0 Å². The minimum absolute atomic E-state index is 0.0120. The average Bonchev–Trinajstić information content (AvgIpc) is 3.47. The van der Waals surface area contributed by atoms with Crippen LogP contribution in [0, 0.1) is 17.0 Å². The SMILES string of the molecule is COc1ccc(-c2cn3c(C)c(C(=O)Nc4nc5ccc([N+](=O)[O-])cc5s4)sc3n2)cc1. The summed E-state index contributed by atoms with van der Waals surface area (Å²) in [6.45, 7) is 1.86. The van der Waals surface area contributed by atoms with E-state index in [-0.39, 0.29) is 11.6 Å². The highest BCUT2D eigenvalue weighted by molar-refractivity contribution is 7.22. The number of nitro benzene ring substituents is 1. The van der Waals surface area contributed by atoms with Gasteiger partial charge in [-0.25, -0.2) is 9.97 Å². The van der Waals surface area contributed by atoms with Crippen molar-refractivity contribution in [3.8, 4) is 17.0 Å². The van der Waals surface area contributed by atoms with Gasteiger partial charge in [-0.05, 0) is 37.3 Å². The number of nitrogens with zero attached hydrogens (tertiary/aromatic N) is 4. The van der Waals surface area contributed by atoms with Gasteiger partial charge in [0, 0.05) is 29.6 Å². The zero-order valence-corrected chi connectivity index (χ0v) is 18.5. The molecule has 0 unspecified atom stereocenters. The number of methoxy groups -OCH3 is 1. The molecule has 3 heterocycles. The topological polar surface area (TPSA) is 112 Å². The third kappa shape index (κ3) is 3.47. The van der Waals surface area contributed by atoms with Crippen molar-refractivity contribution < 1.29 is 14.5 Å². The largest absolute Gasteiger partial charge is 0.497 e. The van der Waals surface area contributed by atoms with Crippen LogP contribution in [0.15, 0.2) is 48.7 Å². The van der Waals surface area contributed by atoms with Crippen LogP contribution in [0.25, 0.3) is 26.4 Å². The minimum Gasteiger partial charge on any atom is -0.497 e. The number of ether oxygens (including phenoxy) is 1. The molecule has 160 valence electrons. The molecule has 0 bridgehead atoms. The molecule has 5 aromatic rings. The van der Waals surface area contributed by atoms with Gasteiger partial charge in [0.25, 0.3) is 11.6 Å². The summed E-state index contributed by atoms with van der Waals surface area (Å²) in [6, 6.07) is 12.0. The Morgan fingerprint density at radius 3 is 2.62 bits per heavy atom. The molecule has 5 rings (SSSR count). The number of rotatable bonds is 5. The number of aryl methyl sites for hydroxylation is 1. The lowest BCUT2D eigenvalue weighted by Gasteiger charge is -2.01. The highest BCUT2D eigenvalue weighted by Crippen LogP contribution is 2.31. The summed E-state index contributed by atoms with van der Waals surface area (Å²) >= 11 is 2.48. The predicted octanol–water partition coefficient (Wildman–Crippen LogP) is 5.15. The Kier molecular flexibility index (Phi) is 4.83. The molecule has 0 aliphatic carbocycles. The normalized spacial score (nSPS) is 11.2. The van der Waals surface area contributed by atoms with Crippen molar-refractivity contribution in [2.24, 2.45) is 0 Å². The Morgan fingerprint density at radius 2 is 1.94 bits per heavy atom. The lowest BCUT2D eigenvalue weighted by atomic mass is 10.2. The van der Waals surface area contributed by atoms with Gasteiger partial charge in [-0.1, -0.05) is 22.7 Å². The maximum Gasteiger partial charge on any atom is 0.270 e. The number of imidazole rings is 1. The molecular weight excluding hydrogens is 450 g/mol. The van der Waals surface area contributed by atoms with Gasteiger partial charge in [0.05, 0.1) is 27.9 Å². The molecule has 2 aromatic carbocycles. The van der Waals surface area contributed by atoms with Gasteiger partial charge in [0.1, 0.15) is 10.6 Å². The lowest BCUT2D eigenvalue weighted by Crippen LogP contribution is -2.11. The Balaban J connectivity index is 1.41. The first-order valence-corrected chi connectivity index (χ1v) is 11.1. The number of benzene rings is 2. The number of nitrogens with one attached hydrogen (secondary N) is 1. The summed E-state index contributed by atoms with van der Waals surface area (Å²) in [5.41, 5.74) is 3.11. The van der Waals surface area contributed by atoms with Crippen molar-refractivity contribution >= 4 is 54.6 Å². The summed E-state index contributed by atoms with van der Waals surface area (Å²) in [5, 5.41) is 14.1. The summed E-state index contributed by atoms with van der Waals surface area (Å²) in [5.74, 6) is 0.479. The van der Waals surface area contributed by atoms with Gasteiger partial charge in [-0.15, -0.1) is 0 Å². The third-order valence-corrected chi connectivity index (χ3v) is 7.04. The molecule has 0 fully saturated rings. The highest BCUT2D eigenvalue weighted by atomic mass is 32.1. The van der Waals surface area contributed by atoms with Crippen LogP contribution in [0.5, 0.6) is 5.75 Å². The number of anilines is 1. The van der Waals surface area contributed by atoms with Crippen molar-refractivity contribution in [2.45, 2.75) is 6.92 Å². The van der Waals surface area contributed by atoms with Crippen molar-refractivity contribution in [1.29, 1.82) is 0 Å². The standard InChI is InChI=1S/C21H15N5O4S2/c1-11-18(19(27)24-20-22-15-8-5-13(26(28)29)9-17(15)31-20)32-21-23-16(10-25(11)21)12-3-6-14(30-2)7-4-12/h3-10H,1-2H3,(H,22,24,27). The fraction of sp³-hybridized carbons (Fsp3) is 0.0952. The van der Waals surface area contributed by atoms with Crippen LogP contribution in [0.4, 0.5) is 10.8 Å². The molecule has 1 amide bonds. The van der Waals surface area contributed by atoms with Crippen molar-refractivity contribution in [2.75, 3.05) is 12.4 Å². The molecule has 0 aliphatic rings. The van der Waals surface area contributed by atoms with E-state index in [4.69, 9.17) is 4.74 Å². The Bertz CT molecular complexity index is 1500. The molecule has 3 aromatic heterocycles. The second-order valence-corrected chi connectivity index (χ2v) is 8.91. The van der Waals surface area contributed by atoms with E-state index in [2.05, 4.69) is 15.3 Å². The number of nitro groups is 1. The second-order valence-electron chi connectivity index (χ2n) is 6.91. The maximum atomic E-state index is 12.9. The summed E-state index contributed by atoms with van der Waals surface area (Å²) < 4.78 is 7.72. The predicted molar refractivity (Wildman–Crippen MR) is 124 cm³/mol. The molecule has 0 radical (unpaired) electrons. The van der Waals surface area contributed by atoms with E-state index in [9.17, 15) is 14.9 Å². The van der Waals surface area contributed by atoms with Gasteiger partial charge in [-0.2, -0.15) is 0 Å². The van der Waals surface area contributed by atoms with E-state index in [1.807, 2.05) is 41.8 Å². The Hall–Kier alpha value is -3.83. The number of amides is 1. The zero-order chi connectivity index (χ0) is 22.4. The number of fused-ring (bicyclic) bond motifs is 2. The summed E-state index contributed by atoms with van der Waals surface area (Å²) in [4.78, 5) is 33.6. The molecule has 32 heavy (non-hydrogen) atoms. The maximum absolute atomic E-state index is 12.9. The molecular formula is C21H15N5O4S2. The molecule has 0 spiro atoms. The molecule has 9 nitrogen and oxygen atoms in total. The number of hydrogen-bond donors (Lipinski definition) is 1. The van der Waals surface area contributed by atoms with Crippen LogP contribution in [-0.2, 0) is 0 Å². The van der Waals surface area contributed by atoms with E-state index in [0.29, 0.717) is 25.2 Å². The molecule has 11 heteroatoms. The smallest absolute Gasteiger partial charge is 0.270 e. The van der Waals surface area contributed by atoms with E-state index in [1.165, 1.54) is 34.8 Å². The Labute approximate surface area is 189 Å². The van der Waals surface area contributed by atoms with Crippen LogP contribution in [0.1, 0.15) is 15.4 Å². The monoisotopic (exact) mass is 465 g/mol. The number of thiazole rings is 2. The number of hydrogen-bond acceptors (Lipinski definition) is 8. The van der Waals surface area contributed by atoms with Crippen molar-refractivity contribution in [3.63, 3.8) is 0 Å². The van der Waals surface area contributed by atoms with E-state index in [1.54, 1.807) is 13.2 Å². The van der Waals surface area contributed by atoms with Gasteiger partial charge in [0.15, 0.2) is 10.1 Å². The van der Waals surface area contributed by atoms with Crippen LogP contribution < -0.4 is 10.1 Å². The zero-order valence-electron chi connectivity index (χ0n) is 16.9. The van der Waals surface area contributed by atoms with E-state index in [0.717, 1.165) is 22.7 Å². The van der Waals surface area contributed by atoms with Gasteiger partial charge in [-0.3, -0.25) is 24.6 Å². The number of aromatic nitrogens is 3. The van der Waals surface area contributed by atoms with Crippen LogP contribution in [0.3, 0.4) is 0 Å². The summed E-state index contributed by atoms with van der Waals surface area (Å²) in [6.07, 6.45) is 1.90. The second kappa shape index (κ2) is 7.70. The van der Waals surface area contributed by atoms with E-state index < -0.39 is 4.92 Å². The first kappa shape index (κ1) is 20.1. The Morgan fingerprint density at radius 1 is 1.16 bits per heavy atom. The molecule has 0 saturated carbocycles. The van der Waals surface area contributed by atoms with E-state index >= 15 is 0 Å². The number of carbonyl (C=O) groups excluding carboxylic acids is 1. The first-order valence-electron chi connectivity index (χ1n) is 9.42. The van der Waals surface area contributed by atoms with Gasteiger partial charge >= 0.3 is 0 Å². The minimum atomic E-state index is -0.456. The fourth-order valence-electron chi connectivity index (χ4n) is 3.30. The van der Waals surface area contributed by atoms with Crippen molar-refractivity contribution in [1.82, 2.24) is 14.4 Å². The summed E-state index contributed by atoms with van der Waals surface area (Å²) in [7, 11) is 1.62. The number of carbonyl (C=O) groups is 1. The lowest BCUT2D eigenvalue weighted by molar-refractivity contribution is -0.384.